The van der Waals surface area contributed by atoms with E-state index in [2.05, 4.69) is 4.98 Å². The largest absolute Gasteiger partial charge is 0.454 e. The molecule has 8 heteroatoms. The first-order valence-electron chi connectivity index (χ1n) is 8.77. The second kappa shape index (κ2) is 6.84. The van der Waals surface area contributed by atoms with Crippen molar-refractivity contribution in [3.63, 3.8) is 0 Å². The van der Waals surface area contributed by atoms with Crippen LogP contribution < -0.4 is 9.47 Å². The lowest BCUT2D eigenvalue weighted by Crippen LogP contribution is -2.38. The summed E-state index contributed by atoms with van der Waals surface area (Å²) in [7, 11) is -3.33. The molecular weight excluding hydrogens is 368 g/mol. The minimum atomic E-state index is -3.33. The number of hydrogen-bond donors (Lipinski definition) is 0. The average Bonchev–Trinajstić information content (AvgIpc) is 3.15. The van der Waals surface area contributed by atoms with Crippen molar-refractivity contribution in [2.24, 2.45) is 0 Å². The van der Waals surface area contributed by atoms with E-state index in [1.807, 2.05) is 0 Å². The van der Waals surface area contributed by atoms with Gasteiger partial charge in [0.2, 0.25) is 6.79 Å². The first kappa shape index (κ1) is 17.8. The smallest absolute Gasteiger partial charge is 0.253 e. The molecule has 1 amide bonds. The lowest BCUT2D eigenvalue weighted by molar-refractivity contribution is 0.0711. The highest BCUT2D eigenvalue weighted by Crippen LogP contribution is 2.34. The molecule has 7 nitrogen and oxygen atoms in total. The monoisotopic (exact) mass is 388 g/mol. The van der Waals surface area contributed by atoms with Gasteiger partial charge in [-0.2, -0.15) is 0 Å². The normalized spacial score (nSPS) is 17.1. The van der Waals surface area contributed by atoms with Crippen LogP contribution in [-0.2, 0) is 9.84 Å². The third-order valence-electron chi connectivity index (χ3n) is 4.99. The van der Waals surface area contributed by atoms with Crippen molar-refractivity contribution in [1.29, 1.82) is 0 Å². The van der Waals surface area contributed by atoms with Crippen molar-refractivity contribution in [2.45, 2.75) is 23.7 Å². The molecule has 2 aromatic rings. The SMILES string of the molecule is CS(=O)(=O)c1cccnc1C1CCN(C(=O)c2ccc3c(c2)OCO3)CC1. The summed E-state index contributed by atoms with van der Waals surface area (Å²) < 4.78 is 34.7. The number of aromatic nitrogens is 1. The molecule has 4 rings (SSSR count). The van der Waals surface area contributed by atoms with Crippen molar-refractivity contribution in [3.05, 3.63) is 47.8 Å². The summed E-state index contributed by atoms with van der Waals surface area (Å²) in [4.78, 5) is 19.2. The Labute approximate surface area is 157 Å². The molecule has 0 aliphatic carbocycles. The molecule has 2 aliphatic heterocycles. The lowest BCUT2D eigenvalue weighted by Gasteiger charge is -2.32. The van der Waals surface area contributed by atoms with E-state index < -0.39 is 9.84 Å². The zero-order valence-corrected chi connectivity index (χ0v) is 15.7. The van der Waals surface area contributed by atoms with Gasteiger partial charge in [0.05, 0.1) is 10.6 Å². The number of hydrogen-bond acceptors (Lipinski definition) is 6. The molecule has 2 aliphatic rings. The maximum Gasteiger partial charge on any atom is 0.253 e. The number of carbonyl (C=O) groups is 1. The molecule has 0 N–H and O–H groups in total. The molecule has 142 valence electrons. The summed E-state index contributed by atoms with van der Waals surface area (Å²) in [5, 5.41) is 0. The molecule has 0 radical (unpaired) electrons. The minimum absolute atomic E-state index is 0.0247. The van der Waals surface area contributed by atoms with E-state index in [9.17, 15) is 13.2 Å². The van der Waals surface area contributed by atoms with Gasteiger partial charge in [0.1, 0.15) is 0 Å². The number of fused-ring (bicyclic) bond motifs is 1. The molecule has 0 atom stereocenters. The van der Waals surface area contributed by atoms with Crippen LogP contribution in [0.1, 0.15) is 34.8 Å². The minimum Gasteiger partial charge on any atom is -0.454 e. The Bertz CT molecular complexity index is 981. The Morgan fingerprint density at radius 3 is 2.63 bits per heavy atom. The number of piperidine rings is 1. The van der Waals surface area contributed by atoms with Crippen LogP contribution in [0.4, 0.5) is 0 Å². The molecule has 1 aromatic carbocycles. The molecule has 1 aromatic heterocycles. The van der Waals surface area contributed by atoms with Crippen LogP contribution in [0.2, 0.25) is 0 Å². The molecule has 0 spiro atoms. The van der Waals surface area contributed by atoms with Gasteiger partial charge in [-0.05, 0) is 43.2 Å². The van der Waals surface area contributed by atoms with Crippen molar-refractivity contribution >= 4 is 15.7 Å². The number of ether oxygens (including phenoxy) is 2. The van der Waals surface area contributed by atoms with Crippen molar-refractivity contribution in [1.82, 2.24) is 9.88 Å². The Morgan fingerprint density at radius 2 is 1.89 bits per heavy atom. The van der Waals surface area contributed by atoms with Crippen molar-refractivity contribution < 1.29 is 22.7 Å². The number of likely N-dealkylation sites (tertiary alicyclic amines) is 1. The van der Waals surface area contributed by atoms with E-state index in [0.29, 0.717) is 48.7 Å². The first-order valence-corrected chi connectivity index (χ1v) is 10.7. The third kappa shape index (κ3) is 3.49. The summed E-state index contributed by atoms with van der Waals surface area (Å²) in [5.41, 5.74) is 1.17. The summed E-state index contributed by atoms with van der Waals surface area (Å²) in [6.45, 7) is 1.28. The van der Waals surface area contributed by atoms with Crippen LogP contribution >= 0.6 is 0 Å². The van der Waals surface area contributed by atoms with Crippen LogP contribution in [0.5, 0.6) is 11.5 Å². The summed E-state index contributed by atoms with van der Waals surface area (Å²) in [6.07, 6.45) is 4.17. The molecule has 3 heterocycles. The fraction of sp³-hybridized carbons (Fsp3) is 0.368. The highest BCUT2D eigenvalue weighted by Gasteiger charge is 2.29. The van der Waals surface area contributed by atoms with Gasteiger partial charge in [-0.25, -0.2) is 8.42 Å². The topological polar surface area (TPSA) is 85.8 Å². The number of pyridine rings is 1. The van der Waals surface area contributed by atoms with E-state index in [4.69, 9.17) is 9.47 Å². The Morgan fingerprint density at radius 1 is 1.15 bits per heavy atom. The molecule has 27 heavy (non-hydrogen) atoms. The number of amides is 1. The standard InChI is InChI=1S/C19H20N2O5S/c1-27(23,24)17-3-2-8-20-18(17)13-6-9-21(10-7-13)19(22)14-4-5-15-16(11-14)26-12-25-15/h2-5,8,11,13H,6-7,9-10,12H2,1H3. The lowest BCUT2D eigenvalue weighted by atomic mass is 9.92. The third-order valence-corrected chi connectivity index (χ3v) is 6.13. The fourth-order valence-electron chi connectivity index (χ4n) is 3.59. The Kier molecular flexibility index (Phi) is 4.51. The van der Waals surface area contributed by atoms with Crippen LogP contribution in [0.15, 0.2) is 41.4 Å². The first-order chi connectivity index (χ1) is 12.9. The second-order valence-corrected chi connectivity index (χ2v) is 8.78. The molecule has 1 saturated heterocycles. The second-order valence-electron chi connectivity index (χ2n) is 6.79. The van der Waals surface area contributed by atoms with Gasteiger partial charge < -0.3 is 14.4 Å². The Balaban J connectivity index is 1.47. The average molecular weight is 388 g/mol. The highest BCUT2D eigenvalue weighted by atomic mass is 32.2. The molecular formula is C19H20N2O5S. The van der Waals surface area contributed by atoms with E-state index in [0.717, 1.165) is 0 Å². The van der Waals surface area contributed by atoms with Gasteiger partial charge in [-0.1, -0.05) is 0 Å². The van der Waals surface area contributed by atoms with E-state index in [1.165, 1.54) is 6.26 Å². The van der Waals surface area contributed by atoms with Gasteiger partial charge in [-0.15, -0.1) is 0 Å². The summed E-state index contributed by atoms with van der Waals surface area (Å²) in [6, 6.07) is 8.42. The van der Waals surface area contributed by atoms with Gasteiger partial charge in [0.25, 0.3) is 5.91 Å². The van der Waals surface area contributed by atoms with E-state index in [-0.39, 0.29) is 23.5 Å². The van der Waals surface area contributed by atoms with E-state index in [1.54, 1.807) is 41.4 Å². The maximum atomic E-state index is 12.8. The summed E-state index contributed by atoms with van der Waals surface area (Å²) in [5.74, 6) is 1.20. The van der Waals surface area contributed by atoms with Crippen LogP contribution in [0.25, 0.3) is 0 Å². The number of sulfone groups is 1. The van der Waals surface area contributed by atoms with Crippen LogP contribution in [0, 0.1) is 0 Å². The van der Waals surface area contributed by atoms with Gasteiger partial charge in [0, 0.05) is 37.0 Å². The number of carbonyl (C=O) groups excluding carboxylic acids is 1. The van der Waals surface area contributed by atoms with Gasteiger partial charge in [0.15, 0.2) is 21.3 Å². The van der Waals surface area contributed by atoms with Crippen molar-refractivity contribution in [2.75, 3.05) is 26.1 Å². The van der Waals surface area contributed by atoms with Crippen LogP contribution in [0.3, 0.4) is 0 Å². The zero-order chi connectivity index (χ0) is 19.0. The van der Waals surface area contributed by atoms with Crippen molar-refractivity contribution in [3.8, 4) is 11.5 Å². The Hall–Kier alpha value is -2.61. The molecule has 1 fully saturated rings. The van der Waals surface area contributed by atoms with Gasteiger partial charge in [-0.3, -0.25) is 9.78 Å². The van der Waals surface area contributed by atoms with E-state index >= 15 is 0 Å². The number of benzene rings is 1. The molecule has 0 unspecified atom stereocenters. The van der Waals surface area contributed by atoms with Crippen LogP contribution in [-0.4, -0.2) is 50.3 Å². The van der Waals surface area contributed by atoms with Gasteiger partial charge >= 0.3 is 0 Å². The highest BCUT2D eigenvalue weighted by molar-refractivity contribution is 7.90. The maximum absolute atomic E-state index is 12.8. The molecule has 0 bridgehead atoms. The molecule has 0 saturated carbocycles. The zero-order valence-electron chi connectivity index (χ0n) is 14.9. The number of nitrogens with zero attached hydrogens (tertiary/aromatic N) is 2. The quantitative estimate of drug-likeness (QED) is 0.802. The predicted molar refractivity (Wildman–Crippen MR) is 97.8 cm³/mol. The fourth-order valence-corrected chi connectivity index (χ4v) is 4.52. The summed E-state index contributed by atoms with van der Waals surface area (Å²) >= 11 is 0. The number of rotatable bonds is 3. The predicted octanol–water partition coefficient (Wildman–Crippen LogP) is 2.23.